The highest BCUT2D eigenvalue weighted by molar-refractivity contribution is 5.83. The summed E-state index contributed by atoms with van der Waals surface area (Å²) in [4.78, 5) is 4.73. The molecule has 0 unspecified atom stereocenters. The maximum atomic E-state index is 2.36. The molecule has 9 rings (SSSR count). The minimum Gasteiger partial charge on any atom is -0.310 e. The number of benzene rings is 9. The summed E-state index contributed by atoms with van der Waals surface area (Å²) in [5.41, 5.74) is 19.4. The minimum atomic E-state index is 0.918. The third-order valence-electron chi connectivity index (χ3n) is 11.3. The fourth-order valence-electron chi connectivity index (χ4n) is 8.31. The lowest BCUT2D eigenvalue weighted by molar-refractivity contribution is 1.17. The Labute approximate surface area is 355 Å². The number of hydrogen-bond donors (Lipinski definition) is 0. The lowest BCUT2D eigenvalue weighted by Crippen LogP contribution is -2.11. The molecule has 0 spiro atoms. The van der Waals surface area contributed by atoms with E-state index in [1.807, 2.05) is 0 Å². The summed E-state index contributed by atoms with van der Waals surface area (Å²) >= 11 is 0. The zero-order chi connectivity index (χ0) is 40.7. The van der Waals surface area contributed by atoms with Crippen LogP contribution in [0.4, 0.5) is 34.1 Å². The third-order valence-corrected chi connectivity index (χ3v) is 11.3. The molecule has 0 fully saturated rings. The Kier molecular flexibility index (Phi) is 11.2. The van der Waals surface area contributed by atoms with Crippen LogP contribution < -0.4 is 9.80 Å². The average Bonchev–Trinajstić information content (AvgIpc) is 3.30. The lowest BCUT2D eigenvalue weighted by atomic mass is 9.98. The fourth-order valence-corrected chi connectivity index (χ4v) is 8.31. The zero-order valence-corrected chi connectivity index (χ0v) is 34.2. The maximum Gasteiger partial charge on any atom is 0.0490 e. The average molecular weight is 773 g/mol. The maximum absolute atomic E-state index is 2.36. The van der Waals surface area contributed by atoms with Gasteiger partial charge in [0.1, 0.15) is 0 Å². The van der Waals surface area contributed by atoms with Gasteiger partial charge in [0, 0.05) is 34.1 Å². The van der Waals surface area contributed by atoms with E-state index in [2.05, 4.69) is 254 Å². The molecule has 0 aliphatic rings. The van der Waals surface area contributed by atoms with Gasteiger partial charge in [-0.15, -0.1) is 0 Å². The van der Waals surface area contributed by atoms with E-state index in [1.54, 1.807) is 0 Å². The molecule has 9 aromatic carbocycles. The number of rotatable bonds is 12. The molecule has 0 heterocycles. The summed E-state index contributed by atoms with van der Waals surface area (Å²) in [6.45, 7) is 4.44. The standard InChI is InChI=1S/C58H48N2/c1-43-38-47(40-45-16-7-3-8-17-45)26-36-57(43)59(53-22-11-5-12-23-53)55-32-28-49(29-33-55)51-20-15-21-52(42-51)50-30-34-56(35-31-50)60(54-24-13-6-14-25-54)58-37-27-48(39-44(58)2)41-46-18-9-4-10-19-46/h3-39,42H,40-41H2,1-2H3. The molecule has 9 aromatic rings. The van der Waals surface area contributed by atoms with E-state index in [1.165, 1.54) is 67.0 Å². The van der Waals surface area contributed by atoms with Crippen molar-refractivity contribution in [3.63, 3.8) is 0 Å². The monoisotopic (exact) mass is 772 g/mol. The largest absolute Gasteiger partial charge is 0.310 e. The summed E-state index contributed by atoms with van der Waals surface area (Å²) in [6.07, 6.45) is 1.84. The summed E-state index contributed by atoms with van der Waals surface area (Å²) in [5, 5.41) is 0. The SMILES string of the molecule is Cc1cc(Cc2ccccc2)ccc1N(c1ccccc1)c1ccc(-c2cccc(-c3ccc(N(c4ccccc4)c4ccc(Cc5ccccc5)cc4C)cc3)c2)cc1. The summed E-state index contributed by atoms with van der Waals surface area (Å²) < 4.78 is 0. The van der Waals surface area contributed by atoms with Crippen LogP contribution in [0.15, 0.2) is 231 Å². The molecule has 0 aromatic heterocycles. The first kappa shape index (κ1) is 38.1. The first-order valence-corrected chi connectivity index (χ1v) is 20.8. The summed E-state index contributed by atoms with van der Waals surface area (Å²) in [5.74, 6) is 0. The predicted octanol–water partition coefficient (Wildman–Crippen LogP) is 15.8. The molecule has 0 saturated heterocycles. The zero-order valence-electron chi connectivity index (χ0n) is 34.2. The van der Waals surface area contributed by atoms with Crippen LogP contribution >= 0.6 is 0 Å². The van der Waals surface area contributed by atoms with Crippen LogP contribution in [0.2, 0.25) is 0 Å². The normalized spacial score (nSPS) is 11.0. The van der Waals surface area contributed by atoms with E-state index in [4.69, 9.17) is 0 Å². The van der Waals surface area contributed by atoms with E-state index in [0.29, 0.717) is 0 Å². The molecule has 0 saturated carbocycles. The highest BCUT2D eigenvalue weighted by Gasteiger charge is 2.17. The highest BCUT2D eigenvalue weighted by Crippen LogP contribution is 2.40. The Morgan fingerprint density at radius 1 is 0.267 bits per heavy atom. The number of hydrogen-bond acceptors (Lipinski definition) is 2. The molecule has 0 aliphatic carbocycles. The van der Waals surface area contributed by atoms with Gasteiger partial charge in [0.2, 0.25) is 0 Å². The van der Waals surface area contributed by atoms with Crippen molar-refractivity contribution < 1.29 is 0 Å². The van der Waals surface area contributed by atoms with Crippen molar-refractivity contribution in [1.82, 2.24) is 0 Å². The Hall–Kier alpha value is -7.42. The van der Waals surface area contributed by atoms with Crippen LogP contribution in [0.1, 0.15) is 33.4 Å². The quantitative estimate of drug-likeness (QED) is 0.122. The second-order valence-corrected chi connectivity index (χ2v) is 15.6. The first-order valence-electron chi connectivity index (χ1n) is 20.8. The molecule has 2 heteroatoms. The molecule has 60 heavy (non-hydrogen) atoms. The van der Waals surface area contributed by atoms with Crippen molar-refractivity contribution in [3.8, 4) is 22.3 Å². The first-order chi connectivity index (χ1) is 29.6. The van der Waals surface area contributed by atoms with Gasteiger partial charge in [-0.2, -0.15) is 0 Å². The Balaban J connectivity index is 0.973. The van der Waals surface area contributed by atoms with Gasteiger partial charge in [-0.3, -0.25) is 0 Å². The van der Waals surface area contributed by atoms with E-state index in [-0.39, 0.29) is 0 Å². The number of anilines is 6. The van der Waals surface area contributed by atoms with E-state index >= 15 is 0 Å². The van der Waals surface area contributed by atoms with Crippen LogP contribution in [-0.4, -0.2) is 0 Å². The van der Waals surface area contributed by atoms with E-state index in [9.17, 15) is 0 Å². The van der Waals surface area contributed by atoms with E-state index < -0.39 is 0 Å². The lowest BCUT2D eigenvalue weighted by Gasteiger charge is -2.27. The molecule has 290 valence electrons. The van der Waals surface area contributed by atoms with Crippen molar-refractivity contribution in [1.29, 1.82) is 0 Å². The third kappa shape index (κ3) is 8.55. The van der Waals surface area contributed by atoms with Crippen LogP contribution in [0.25, 0.3) is 22.3 Å². The van der Waals surface area contributed by atoms with Crippen molar-refractivity contribution in [2.45, 2.75) is 26.7 Å². The van der Waals surface area contributed by atoms with Crippen LogP contribution in [-0.2, 0) is 12.8 Å². The second kappa shape index (κ2) is 17.6. The Morgan fingerprint density at radius 2 is 0.617 bits per heavy atom. The highest BCUT2D eigenvalue weighted by atomic mass is 15.1. The molecule has 0 amide bonds. The Morgan fingerprint density at radius 3 is 0.983 bits per heavy atom. The fraction of sp³-hybridized carbons (Fsp3) is 0.0690. The van der Waals surface area contributed by atoms with Gasteiger partial charge in [0.05, 0.1) is 0 Å². The topological polar surface area (TPSA) is 6.48 Å². The molecule has 0 aliphatic heterocycles. The molecule has 2 nitrogen and oxygen atoms in total. The molecule has 0 radical (unpaired) electrons. The Bertz CT molecular complexity index is 2600. The van der Waals surface area contributed by atoms with Crippen molar-refractivity contribution in [2.75, 3.05) is 9.80 Å². The van der Waals surface area contributed by atoms with Crippen LogP contribution in [0, 0.1) is 13.8 Å². The van der Waals surface area contributed by atoms with Crippen molar-refractivity contribution in [2.24, 2.45) is 0 Å². The van der Waals surface area contributed by atoms with Crippen LogP contribution in [0.5, 0.6) is 0 Å². The number of nitrogens with zero attached hydrogens (tertiary/aromatic N) is 2. The number of para-hydroxylation sites is 2. The van der Waals surface area contributed by atoms with Gasteiger partial charge >= 0.3 is 0 Å². The van der Waals surface area contributed by atoms with Gasteiger partial charge in [0.25, 0.3) is 0 Å². The van der Waals surface area contributed by atoms with Gasteiger partial charge < -0.3 is 9.80 Å². The van der Waals surface area contributed by atoms with Gasteiger partial charge in [-0.1, -0.05) is 164 Å². The second-order valence-electron chi connectivity index (χ2n) is 15.6. The molecule has 0 atom stereocenters. The van der Waals surface area contributed by atoms with Crippen LogP contribution in [0.3, 0.4) is 0 Å². The minimum absolute atomic E-state index is 0.918. The van der Waals surface area contributed by atoms with Crippen molar-refractivity contribution >= 4 is 34.1 Å². The molecule has 0 bridgehead atoms. The van der Waals surface area contributed by atoms with Crippen molar-refractivity contribution in [3.05, 3.63) is 264 Å². The molecule has 0 N–H and O–H groups in total. The summed E-state index contributed by atoms with van der Waals surface area (Å²) in [6, 6.07) is 83.3. The van der Waals surface area contributed by atoms with Gasteiger partial charge in [-0.05, 0) is 149 Å². The molecular weight excluding hydrogens is 725 g/mol. The van der Waals surface area contributed by atoms with Gasteiger partial charge in [-0.25, -0.2) is 0 Å². The van der Waals surface area contributed by atoms with Gasteiger partial charge in [0.15, 0.2) is 0 Å². The summed E-state index contributed by atoms with van der Waals surface area (Å²) in [7, 11) is 0. The smallest absolute Gasteiger partial charge is 0.0490 e. The number of aryl methyl sites for hydroxylation is 2. The van der Waals surface area contributed by atoms with E-state index in [0.717, 1.165) is 35.6 Å². The molecular formula is C58H48N2. The predicted molar refractivity (Wildman–Crippen MR) is 255 cm³/mol.